The fourth-order valence-corrected chi connectivity index (χ4v) is 3.51. The average molecular weight is 552 g/mol. The Balaban J connectivity index is 0.000000426. The number of carbonyl (C=O) groups excluding carboxylic acids is 1. The van der Waals surface area contributed by atoms with Gasteiger partial charge in [-0.2, -0.15) is 26.3 Å². The summed E-state index contributed by atoms with van der Waals surface area (Å²) >= 11 is 0. The maximum Gasteiger partial charge on any atom is 0.490 e. The highest BCUT2D eigenvalue weighted by molar-refractivity contribution is 5.92. The second-order valence-corrected chi connectivity index (χ2v) is 8.22. The van der Waals surface area contributed by atoms with E-state index in [-0.39, 0.29) is 11.9 Å². The number of nitrogens with zero attached hydrogens (tertiary/aromatic N) is 4. The van der Waals surface area contributed by atoms with E-state index in [9.17, 15) is 31.1 Å². The maximum absolute atomic E-state index is 13.0. The second-order valence-electron chi connectivity index (χ2n) is 8.22. The molecule has 38 heavy (non-hydrogen) atoms. The Bertz CT molecular complexity index is 1060. The minimum atomic E-state index is -5.08. The molecule has 9 nitrogen and oxygen atoms in total. The molecule has 0 spiro atoms. The lowest BCUT2D eigenvalue weighted by Crippen LogP contribution is -2.46. The van der Waals surface area contributed by atoms with Crippen LogP contribution in [-0.4, -0.2) is 92.9 Å². The van der Waals surface area contributed by atoms with Gasteiger partial charge >= 0.3 is 24.3 Å². The lowest BCUT2D eigenvalue weighted by molar-refractivity contribution is -0.193. The third-order valence-electron chi connectivity index (χ3n) is 5.22. The van der Waals surface area contributed by atoms with Crippen molar-refractivity contribution in [1.82, 2.24) is 19.8 Å². The average Bonchev–Trinajstić information content (AvgIpc) is 3.22. The highest BCUT2D eigenvalue weighted by Crippen LogP contribution is 2.26. The van der Waals surface area contributed by atoms with Gasteiger partial charge in [0.1, 0.15) is 5.69 Å². The molecule has 1 aliphatic heterocycles. The zero-order valence-corrected chi connectivity index (χ0v) is 20.5. The van der Waals surface area contributed by atoms with E-state index >= 15 is 0 Å². The summed E-state index contributed by atoms with van der Waals surface area (Å²) in [6.07, 6.45) is -4.73. The van der Waals surface area contributed by atoms with Crippen molar-refractivity contribution in [2.24, 2.45) is 0 Å². The number of hydrogen-bond acceptors (Lipinski definition) is 6. The quantitative estimate of drug-likeness (QED) is 0.553. The number of aromatic nitrogens is 2. The Morgan fingerprint density at radius 1 is 0.974 bits per heavy atom. The van der Waals surface area contributed by atoms with Crippen LogP contribution in [0.4, 0.5) is 26.3 Å². The number of alkyl halides is 6. The third-order valence-corrected chi connectivity index (χ3v) is 5.22. The van der Waals surface area contributed by atoms with E-state index in [2.05, 4.69) is 29.0 Å². The van der Waals surface area contributed by atoms with Crippen LogP contribution in [0.5, 0.6) is 0 Å². The monoisotopic (exact) mass is 552 g/mol. The first-order valence-electron chi connectivity index (χ1n) is 10.8. The number of rotatable bonds is 4. The summed E-state index contributed by atoms with van der Waals surface area (Å²) in [5, 5.41) is 14.2. The minimum absolute atomic E-state index is 0.0297. The zero-order valence-electron chi connectivity index (χ0n) is 20.5. The van der Waals surface area contributed by atoms with E-state index < -0.39 is 24.3 Å². The van der Waals surface area contributed by atoms with Crippen LogP contribution in [0.15, 0.2) is 42.7 Å². The van der Waals surface area contributed by atoms with Crippen LogP contribution >= 0.6 is 0 Å². The Kier molecular flexibility index (Phi) is 11.6. The first-order valence-corrected chi connectivity index (χ1v) is 10.8. The number of carbonyl (C=O) groups is 3. The molecule has 1 fully saturated rings. The van der Waals surface area contributed by atoms with Crippen molar-refractivity contribution in [1.29, 1.82) is 0 Å². The Morgan fingerprint density at radius 3 is 1.89 bits per heavy atom. The van der Waals surface area contributed by atoms with Crippen LogP contribution < -0.4 is 0 Å². The van der Waals surface area contributed by atoms with E-state index in [1.807, 2.05) is 54.5 Å². The van der Waals surface area contributed by atoms with Gasteiger partial charge in [0.05, 0.1) is 6.04 Å². The molecule has 2 aromatic rings. The zero-order chi connectivity index (χ0) is 29.3. The number of aliphatic carboxylic acids is 2. The molecular weight excluding hydrogens is 526 g/mol. The summed E-state index contributed by atoms with van der Waals surface area (Å²) in [5.74, 6) is -5.48. The van der Waals surface area contributed by atoms with Gasteiger partial charge < -0.3 is 20.0 Å². The normalized spacial score (nSPS) is 17.2. The molecule has 2 atom stereocenters. The van der Waals surface area contributed by atoms with Gasteiger partial charge in [0, 0.05) is 30.7 Å². The van der Waals surface area contributed by atoms with E-state index in [1.165, 1.54) is 5.56 Å². The van der Waals surface area contributed by atoms with Gasteiger partial charge in [-0.25, -0.2) is 14.6 Å². The summed E-state index contributed by atoms with van der Waals surface area (Å²) in [7, 11) is 4.17. The molecule has 1 saturated heterocycles. The summed E-state index contributed by atoms with van der Waals surface area (Å²) in [6, 6.07) is 10.2. The van der Waals surface area contributed by atoms with Crippen molar-refractivity contribution in [2.45, 2.75) is 44.2 Å². The van der Waals surface area contributed by atoms with Crippen LogP contribution in [0.1, 0.15) is 28.2 Å². The van der Waals surface area contributed by atoms with Crippen molar-refractivity contribution in [2.75, 3.05) is 20.6 Å². The summed E-state index contributed by atoms with van der Waals surface area (Å²) in [5.41, 5.74) is 2.61. The first kappa shape index (κ1) is 32.3. The molecule has 1 aliphatic rings. The number of hydrogen-bond donors (Lipinski definition) is 2. The highest BCUT2D eigenvalue weighted by atomic mass is 19.4. The smallest absolute Gasteiger partial charge is 0.475 e. The third kappa shape index (κ3) is 10.3. The molecule has 210 valence electrons. The van der Waals surface area contributed by atoms with Crippen LogP contribution in [0.25, 0.3) is 0 Å². The second kappa shape index (κ2) is 13.7. The molecule has 0 aliphatic carbocycles. The number of pyridine rings is 2. The highest BCUT2D eigenvalue weighted by Gasteiger charge is 2.40. The predicted molar refractivity (Wildman–Crippen MR) is 121 cm³/mol. The summed E-state index contributed by atoms with van der Waals surface area (Å²) in [6.45, 7) is 2.69. The fourth-order valence-electron chi connectivity index (χ4n) is 3.51. The molecule has 0 unspecified atom stereocenters. The van der Waals surface area contributed by atoms with Gasteiger partial charge in [0.2, 0.25) is 0 Å². The summed E-state index contributed by atoms with van der Waals surface area (Å²) in [4.78, 5) is 43.5. The molecule has 0 saturated carbocycles. The number of likely N-dealkylation sites (tertiary alicyclic amines) is 1. The van der Waals surface area contributed by atoms with Gasteiger partial charge in [0.15, 0.2) is 0 Å². The van der Waals surface area contributed by atoms with Crippen LogP contribution in [0.2, 0.25) is 0 Å². The molecule has 1 amide bonds. The van der Waals surface area contributed by atoms with Gasteiger partial charge in [-0.1, -0.05) is 6.07 Å². The predicted octanol–water partition coefficient (Wildman–Crippen LogP) is 3.44. The van der Waals surface area contributed by atoms with E-state index in [0.29, 0.717) is 11.7 Å². The van der Waals surface area contributed by atoms with Gasteiger partial charge in [-0.05, 0) is 63.7 Å². The van der Waals surface area contributed by atoms with Crippen molar-refractivity contribution >= 4 is 17.8 Å². The SMILES string of the molecule is Cc1cccc(C(=O)N2CC[C@@H](N(C)C)[C@@H]2Cc2ccncc2)n1.O=C(O)C(F)(F)F.O=C(O)C(F)(F)F. The van der Waals surface area contributed by atoms with Crippen molar-refractivity contribution in [3.05, 3.63) is 59.7 Å². The Labute approximate surface area is 213 Å². The molecule has 0 bridgehead atoms. The summed E-state index contributed by atoms with van der Waals surface area (Å²) < 4.78 is 63.5. The van der Waals surface area contributed by atoms with E-state index in [1.54, 1.807) is 0 Å². The van der Waals surface area contributed by atoms with Gasteiger partial charge in [-0.15, -0.1) is 0 Å². The molecule has 3 heterocycles. The lowest BCUT2D eigenvalue weighted by atomic mass is 10.00. The van der Waals surface area contributed by atoms with Crippen molar-refractivity contribution < 1.29 is 50.9 Å². The number of carboxylic acids is 2. The largest absolute Gasteiger partial charge is 0.490 e. The lowest BCUT2D eigenvalue weighted by Gasteiger charge is -2.31. The van der Waals surface area contributed by atoms with Crippen LogP contribution in [-0.2, 0) is 16.0 Å². The number of aryl methyl sites for hydroxylation is 1. The maximum atomic E-state index is 13.0. The number of carboxylic acid groups (broad SMARTS) is 2. The van der Waals surface area contributed by atoms with E-state index in [4.69, 9.17) is 19.8 Å². The Morgan fingerprint density at radius 2 is 1.47 bits per heavy atom. The number of likely N-dealkylation sites (N-methyl/N-ethyl adjacent to an activating group) is 1. The van der Waals surface area contributed by atoms with E-state index in [0.717, 1.165) is 25.1 Å². The fraction of sp³-hybridized carbons (Fsp3) is 0.435. The van der Waals surface area contributed by atoms with Gasteiger partial charge in [-0.3, -0.25) is 9.78 Å². The molecule has 2 N–H and O–H groups in total. The molecule has 0 aromatic carbocycles. The van der Waals surface area contributed by atoms with Crippen molar-refractivity contribution in [3.63, 3.8) is 0 Å². The number of halogens is 6. The van der Waals surface area contributed by atoms with Crippen LogP contribution in [0.3, 0.4) is 0 Å². The van der Waals surface area contributed by atoms with Crippen LogP contribution in [0, 0.1) is 6.92 Å². The minimum Gasteiger partial charge on any atom is -0.475 e. The molecule has 2 aromatic heterocycles. The standard InChI is InChI=1S/C19H24N4O.2C2HF3O2/c1-14-5-4-6-16(21-14)19(24)23-12-9-17(22(2)3)18(23)13-15-7-10-20-11-8-15;2*3-2(4,5)1(6)7/h4-8,10-11,17-18H,9,12-13H2,1-3H3;2*(H,6,7)/t17-,18+;;/m1../s1. The molecular formula is C23H26F6N4O5. The molecule has 15 heteroatoms. The topological polar surface area (TPSA) is 124 Å². The van der Waals surface area contributed by atoms with Gasteiger partial charge in [0.25, 0.3) is 5.91 Å². The Hall–Kier alpha value is -3.75. The number of amides is 1. The van der Waals surface area contributed by atoms with Crippen molar-refractivity contribution in [3.8, 4) is 0 Å². The first-order chi connectivity index (χ1) is 17.4. The molecule has 0 radical (unpaired) electrons. The molecule has 3 rings (SSSR count).